The van der Waals surface area contributed by atoms with E-state index in [-0.39, 0.29) is 0 Å². The predicted octanol–water partition coefficient (Wildman–Crippen LogP) is 1.05. The summed E-state index contributed by atoms with van der Waals surface area (Å²) in [4.78, 5) is 15.0. The maximum absolute atomic E-state index is 10.8. The maximum Gasteiger partial charge on any atom is 0.328 e. The minimum atomic E-state index is -0.882. The fourth-order valence-corrected chi connectivity index (χ4v) is 1.21. The summed E-state index contributed by atoms with van der Waals surface area (Å²) in [5.41, 5.74) is 0. The summed E-state index contributed by atoms with van der Waals surface area (Å²) in [7, 11) is 0. The van der Waals surface area contributed by atoms with Crippen LogP contribution in [0, 0.1) is 0 Å². The topological polar surface area (TPSA) is 68.0 Å². The highest BCUT2D eigenvalue weighted by Crippen LogP contribution is 2.09. The van der Waals surface area contributed by atoms with Gasteiger partial charge in [-0.25, -0.2) is 14.5 Å². The van der Waals surface area contributed by atoms with Gasteiger partial charge in [-0.1, -0.05) is 13.8 Å². The Balaban J connectivity index is 3.05. The largest absolute Gasteiger partial charge is 0.480 e. The van der Waals surface area contributed by atoms with Gasteiger partial charge in [-0.15, -0.1) is 0 Å². The first-order valence-electron chi connectivity index (χ1n) is 4.77. The fraction of sp³-hybridized carbons (Fsp3) is 0.667. The molecule has 78 valence electrons. The van der Waals surface area contributed by atoms with Gasteiger partial charge < -0.3 is 5.11 Å². The van der Waals surface area contributed by atoms with Crippen molar-refractivity contribution in [1.29, 1.82) is 0 Å². The number of aryl methyl sites for hydroxylation is 2. The Morgan fingerprint density at radius 3 is 2.57 bits per heavy atom. The van der Waals surface area contributed by atoms with E-state index in [0.29, 0.717) is 12.2 Å². The molecule has 0 saturated heterocycles. The Morgan fingerprint density at radius 2 is 2.14 bits per heavy atom. The summed E-state index contributed by atoms with van der Waals surface area (Å²) in [6.07, 6.45) is 1.43. The van der Waals surface area contributed by atoms with Crippen LogP contribution in [-0.4, -0.2) is 25.8 Å². The second-order valence-corrected chi connectivity index (χ2v) is 3.11. The third-order valence-electron chi connectivity index (χ3n) is 2.10. The normalized spacial score (nSPS) is 12.8. The molecule has 0 spiro atoms. The van der Waals surface area contributed by atoms with E-state index in [1.54, 1.807) is 6.92 Å². The standard InChI is InChI=1S/C9H15N3O2/c1-4-7-10-8(5-2)12(11-7)6(3)9(13)14/h6H,4-5H2,1-3H3,(H,13,14)/t6-/m1/s1. The van der Waals surface area contributed by atoms with Gasteiger partial charge in [-0.3, -0.25) is 0 Å². The number of carboxylic acid groups (broad SMARTS) is 1. The van der Waals surface area contributed by atoms with Crippen molar-refractivity contribution in [3.8, 4) is 0 Å². The van der Waals surface area contributed by atoms with E-state index in [2.05, 4.69) is 10.1 Å². The van der Waals surface area contributed by atoms with Crippen molar-refractivity contribution < 1.29 is 9.90 Å². The highest BCUT2D eigenvalue weighted by molar-refractivity contribution is 5.71. The van der Waals surface area contributed by atoms with Gasteiger partial charge in [0.25, 0.3) is 0 Å². The summed E-state index contributed by atoms with van der Waals surface area (Å²) in [5, 5.41) is 13.0. The number of nitrogens with zero attached hydrogens (tertiary/aromatic N) is 3. The molecule has 0 saturated carbocycles. The second kappa shape index (κ2) is 4.21. The third kappa shape index (κ3) is 1.92. The minimum absolute atomic E-state index is 0.641. The van der Waals surface area contributed by atoms with Gasteiger partial charge in [-0.2, -0.15) is 5.10 Å². The van der Waals surface area contributed by atoms with Crippen LogP contribution in [-0.2, 0) is 17.6 Å². The molecular formula is C9H15N3O2. The first kappa shape index (κ1) is 10.7. The first-order valence-corrected chi connectivity index (χ1v) is 4.77. The number of hydrogen-bond donors (Lipinski definition) is 1. The number of carbonyl (C=O) groups is 1. The SMILES string of the molecule is CCc1nc(CC)n([C@H](C)C(=O)O)n1. The van der Waals surface area contributed by atoms with Crippen molar-refractivity contribution in [3.63, 3.8) is 0 Å². The van der Waals surface area contributed by atoms with Crippen molar-refractivity contribution in [2.24, 2.45) is 0 Å². The molecule has 1 N–H and O–H groups in total. The van der Waals surface area contributed by atoms with Crippen LogP contribution in [0.2, 0.25) is 0 Å². The zero-order valence-corrected chi connectivity index (χ0v) is 8.69. The van der Waals surface area contributed by atoms with Gasteiger partial charge in [0.1, 0.15) is 11.9 Å². The van der Waals surface area contributed by atoms with Crippen LogP contribution < -0.4 is 0 Å². The van der Waals surface area contributed by atoms with Gasteiger partial charge in [-0.05, 0) is 6.92 Å². The second-order valence-electron chi connectivity index (χ2n) is 3.11. The molecule has 1 heterocycles. The van der Waals surface area contributed by atoms with Gasteiger partial charge in [0.2, 0.25) is 0 Å². The molecule has 14 heavy (non-hydrogen) atoms. The Bertz CT molecular complexity index is 333. The molecule has 1 aromatic heterocycles. The molecule has 0 aliphatic heterocycles. The minimum Gasteiger partial charge on any atom is -0.480 e. The number of rotatable bonds is 4. The van der Waals surface area contributed by atoms with E-state index in [4.69, 9.17) is 5.11 Å². The maximum atomic E-state index is 10.8. The summed E-state index contributed by atoms with van der Waals surface area (Å²) >= 11 is 0. The van der Waals surface area contributed by atoms with Crippen LogP contribution >= 0.6 is 0 Å². The average Bonchev–Trinajstić information content (AvgIpc) is 2.59. The van der Waals surface area contributed by atoms with Crippen LogP contribution in [0.1, 0.15) is 38.5 Å². The molecule has 0 unspecified atom stereocenters. The van der Waals surface area contributed by atoms with E-state index in [1.165, 1.54) is 4.68 Å². The van der Waals surface area contributed by atoms with Crippen molar-refractivity contribution in [2.75, 3.05) is 0 Å². The van der Waals surface area contributed by atoms with Crippen molar-refractivity contribution in [1.82, 2.24) is 14.8 Å². The molecular weight excluding hydrogens is 182 g/mol. The molecule has 5 nitrogen and oxygen atoms in total. The van der Waals surface area contributed by atoms with Crippen LogP contribution in [0.5, 0.6) is 0 Å². The lowest BCUT2D eigenvalue weighted by Crippen LogP contribution is -2.19. The molecule has 1 rings (SSSR count). The molecule has 0 aliphatic rings. The van der Waals surface area contributed by atoms with Crippen molar-refractivity contribution in [3.05, 3.63) is 11.6 Å². The Kier molecular flexibility index (Phi) is 3.22. The molecule has 0 bridgehead atoms. The van der Waals surface area contributed by atoms with E-state index in [1.807, 2.05) is 13.8 Å². The summed E-state index contributed by atoms with van der Waals surface area (Å²) in [6, 6.07) is -0.641. The average molecular weight is 197 g/mol. The van der Waals surface area contributed by atoms with E-state index >= 15 is 0 Å². The van der Waals surface area contributed by atoms with E-state index in [9.17, 15) is 4.79 Å². The van der Waals surface area contributed by atoms with E-state index < -0.39 is 12.0 Å². The summed E-state index contributed by atoms with van der Waals surface area (Å²) < 4.78 is 1.49. The molecule has 0 fully saturated rings. The number of hydrogen-bond acceptors (Lipinski definition) is 3. The number of aromatic nitrogens is 3. The smallest absolute Gasteiger partial charge is 0.328 e. The molecule has 5 heteroatoms. The van der Waals surface area contributed by atoms with Crippen molar-refractivity contribution >= 4 is 5.97 Å². The fourth-order valence-electron chi connectivity index (χ4n) is 1.21. The van der Waals surface area contributed by atoms with Crippen molar-refractivity contribution in [2.45, 2.75) is 39.7 Å². The Labute approximate surface area is 82.8 Å². The van der Waals surface area contributed by atoms with Crippen LogP contribution in [0.15, 0.2) is 0 Å². The Hall–Kier alpha value is -1.39. The first-order chi connectivity index (χ1) is 6.60. The lowest BCUT2D eigenvalue weighted by molar-refractivity contribution is -0.140. The van der Waals surface area contributed by atoms with Crippen LogP contribution in [0.25, 0.3) is 0 Å². The van der Waals surface area contributed by atoms with Gasteiger partial charge in [0, 0.05) is 12.8 Å². The third-order valence-corrected chi connectivity index (χ3v) is 2.10. The lowest BCUT2D eigenvalue weighted by Gasteiger charge is -2.08. The summed E-state index contributed by atoms with van der Waals surface area (Å²) in [6.45, 7) is 5.49. The van der Waals surface area contributed by atoms with E-state index in [0.717, 1.165) is 12.2 Å². The van der Waals surface area contributed by atoms with Gasteiger partial charge >= 0.3 is 5.97 Å². The monoisotopic (exact) mass is 197 g/mol. The molecule has 1 atom stereocenters. The quantitative estimate of drug-likeness (QED) is 0.783. The molecule has 1 aromatic rings. The van der Waals surface area contributed by atoms with Gasteiger partial charge in [0.15, 0.2) is 5.82 Å². The summed E-state index contributed by atoms with van der Waals surface area (Å²) in [5.74, 6) is 0.555. The molecule has 0 amide bonds. The van der Waals surface area contributed by atoms with Crippen LogP contribution in [0.4, 0.5) is 0 Å². The lowest BCUT2D eigenvalue weighted by atomic mass is 10.3. The number of aliphatic carboxylic acids is 1. The molecule has 0 radical (unpaired) electrons. The van der Waals surface area contributed by atoms with Gasteiger partial charge in [0.05, 0.1) is 0 Å². The highest BCUT2D eigenvalue weighted by Gasteiger charge is 2.18. The zero-order valence-electron chi connectivity index (χ0n) is 8.69. The molecule has 0 aromatic carbocycles. The number of carboxylic acids is 1. The Morgan fingerprint density at radius 1 is 1.50 bits per heavy atom. The van der Waals surface area contributed by atoms with Crippen LogP contribution in [0.3, 0.4) is 0 Å². The molecule has 0 aliphatic carbocycles. The predicted molar refractivity (Wildman–Crippen MR) is 51.1 cm³/mol. The highest BCUT2D eigenvalue weighted by atomic mass is 16.4. The zero-order chi connectivity index (χ0) is 10.7.